The fourth-order valence-electron chi connectivity index (χ4n) is 1.57. The minimum atomic E-state index is -1.14. The number of hydrogen-bond acceptors (Lipinski definition) is 4. The molecule has 0 saturated heterocycles. The summed E-state index contributed by atoms with van der Waals surface area (Å²) in [5, 5.41) is 9.15. The second-order valence-electron chi connectivity index (χ2n) is 3.50. The lowest BCUT2D eigenvalue weighted by atomic mass is 10.1. The molecule has 1 aromatic carbocycles. The summed E-state index contributed by atoms with van der Waals surface area (Å²) in [5.74, 6) is -0.292. The average molecular weight is 289 g/mol. The smallest absolute Gasteiger partial charge is 0.337 e. The first-order valence-corrected chi connectivity index (χ1v) is 6.42. The van der Waals surface area contributed by atoms with E-state index in [-0.39, 0.29) is 16.3 Å². The maximum atomic E-state index is 11.2. The molecule has 0 unspecified atom stereocenters. The number of carboxylic acid groups (broad SMARTS) is 1. The molecule has 0 aromatic heterocycles. The molecule has 0 atom stereocenters. The molecule has 6 heteroatoms. The minimum Gasteiger partial charge on any atom is -0.490 e. The number of ether oxygens (including phenoxy) is 3. The van der Waals surface area contributed by atoms with Crippen LogP contribution in [-0.2, 0) is 0 Å². The van der Waals surface area contributed by atoms with Crippen LogP contribution in [0.1, 0.15) is 31.1 Å². The highest BCUT2D eigenvalue weighted by molar-refractivity contribution is 6.35. The Morgan fingerprint density at radius 1 is 1.11 bits per heavy atom. The van der Waals surface area contributed by atoms with Gasteiger partial charge in [0.1, 0.15) is 5.02 Å². The Morgan fingerprint density at radius 3 is 2.11 bits per heavy atom. The molecule has 19 heavy (non-hydrogen) atoms. The molecule has 0 aliphatic carbocycles. The van der Waals surface area contributed by atoms with Crippen molar-refractivity contribution in [3.05, 3.63) is 16.7 Å². The Hall–Kier alpha value is -1.62. The van der Waals surface area contributed by atoms with Crippen molar-refractivity contribution in [3.63, 3.8) is 0 Å². The summed E-state index contributed by atoms with van der Waals surface area (Å²) in [4.78, 5) is 11.2. The first-order chi connectivity index (χ1) is 9.06. The fourth-order valence-corrected chi connectivity index (χ4v) is 1.84. The van der Waals surface area contributed by atoms with Gasteiger partial charge >= 0.3 is 5.97 Å². The number of carboxylic acids is 1. The molecule has 0 heterocycles. The van der Waals surface area contributed by atoms with Gasteiger partial charge in [0.2, 0.25) is 5.75 Å². The predicted octanol–water partition coefficient (Wildman–Crippen LogP) is 3.23. The van der Waals surface area contributed by atoms with Gasteiger partial charge in [0.05, 0.1) is 25.4 Å². The molecular formula is C13H17ClO5. The number of carbonyl (C=O) groups is 1. The summed E-state index contributed by atoms with van der Waals surface area (Å²) < 4.78 is 16.3. The lowest BCUT2D eigenvalue weighted by molar-refractivity contribution is 0.0696. The van der Waals surface area contributed by atoms with E-state index in [4.69, 9.17) is 30.9 Å². The number of hydrogen-bond donors (Lipinski definition) is 1. The van der Waals surface area contributed by atoms with Crippen LogP contribution in [-0.4, -0.2) is 30.9 Å². The van der Waals surface area contributed by atoms with Gasteiger partial charge in [-0.3, -0.25) is 0 Å². The lowest BCUT2D eigenvalue weighted by Crippen LogP contribution is -2.07. The van der Waals surface area contributed by atoms with Gasteiger partial charge in [0, 0.05) is 6.07 Å². The predicted molar refractivity (Wildman–Crippen MR) is 71.9 cm³/mol. The number of benzene rings is 1. The summed E-state index contributed by atoms with van der Waals surface area (Å²) in [6.07, 6.45) is 0. The van der Waals surface area contributed by atoms with Crippen LogP contribution in [0.5, 0.6) is 17.2 Å². The zero-order chi connectivity index (χ0) is 14.4. The Balaban J connectivity index is 3.47. The van der Waals surface area contributed by atoms with Crippen LogP contribution in [0, 0.1) is 0 Å². The van der Waals surface area contributed by atoms with Crippen LogP contribution in [0.4, 0.5) is 0 Å². The van der Waals surface area contributed by atoms with Crippen molar-refractivity contribution in [1.29, 1.82) is 0 Å². The summed E-state index contributed by atoms with van der Waals surface area (Å²) in [7, 11) is 0. The van der Waals surface area contributed by atoms with Crippen LogP contribution >= 0.6 is 11.6 Å². The van der Waals surface area contributed by atoms with Crippen molar-refractivity contribution < 1.29 is 24.1 Å². The van der Waals surface area contributed by atoms with E-state index in [1.165, 1.54) is 6.07 Å². The van der Waals surface area contributed by atoms with E-state index in [0.29, 0.717) is 31.3 Å². The maximum Gasteiger partial charge on any atom is 0.337 e. The van der Waals surface area contributed by atoms with E-state index in [0.717, 1.165) is 0 Å². The van der Waals surface area contributed by atoms with Gasteiger partial charge in [-0.1, -0.05) is 11.6 Å². The Labute approximate surface area is 117 Å². The molecule has 5 nitrogen and oxygen atoms in total. The van der Waals surface area contributed by atoms with Gasteiger partial charge in [-0.15, -0.1) is 0 Å². The van der Waals surface area contributed by atoms with Crippen molar-refractivity contribution in [2.24, 2.45) is 0 Å². The topological polar surface area (TPSA) is 65.0 Å². The molecule has 0 fully saturated rings. The van der Waals surface area contributed by atoms with Crippen molar-refractivity contribution in [3.8, 4) is 17.2 Å². The Kier molecular flexibility index (Phi) is 5.76. The van der Waals surface area contributed by atoms with Crippen molar-refractivity contribution in [2.45, 2.75) is 20.8 Å². The molecule has 1 rings (SSSR count). The molecule has 0 aliphatic heterocycles. The molecule has 1 N–H and O–H groups in total. The van der Waals surface area contributed by atoms with Gasteiger partial charge in [0.25, 0.3) is 0 Å². The normalized spacial score (nSPS) is 10.1. The van der Waals surface area contributed by atoms with Crippen LogP contribution < -0.4 is 14.2 Å². The van der Waals surface area contributed by atoms with E-state index >= 15 is 0 Å². The fraction of sp³-hybridized carbons (Fsp3) is 0.462. The van der Waals surface area contributed by atoms with Crippen molar-refractivity contribution in [2.75, 3.05) is 19.8 Å². The molecule has 0 amide bonds. The van der Waals surface area contributed by atoms with Gasteiger partial charge < -0.3 is 19.3 Å². The molecular weight excluding hydrogens is 272 g/mol. The molecule has 0 aliphatic rings. The summed E-state index contributed by atoms with van der Waals surface area (Å²) in [6, 6.07) is 1.35. The van der Waals surface area contributed by atoms with Crippen molar-refractivity contribution >= 4 is 17.6 Å². The quantitative estimate of drug-likeness (QED) is 0.834. The first kappa shape index (κ1) is 15.4. The van der Waals surface area contributed by atoms with E-state index in [1.54, 1.807) is 13.8 Å². The second-order valence-corrected chi connectivity index (χ2v) is 3.88. The zero-order valence-electron chi connectivity index (χ0n) is 11.2. The third-order valence-electron chi connectivity index (χ3n) is 2.25. The van der Waals surface area contributed by atoms with E-state index < -0.39 is 5.97 Å². The number of halogens is 1. The highest BCUT2D eigenvalue weighted by Gasteiger charge is 2.23. The van der Waals surface area contributed by atoms with Crippen LogP contribution in [0.25, 0.3) is 0 Å². The molecule has 0 bridgehead atoms. The first-order valence-electron chi connectivity index (χ1n) is 6.04. The summed E-state index contributed by atoms with van der Waals surface area (Å²) in [5.41, 5.74) is -0.0722. The second kappa shape index (κ2) is 7.09. The number of aromatic carboxylic acids is 1. The van der Waals surface area contributed by atoms with Gasteiger partial charge in [0.15, 0.2) is 11.5 Å². The largest absolute Gasteiger partial charge is 0.490 e. The molecule has 0 radical (unpaired) electrons. The van der Waals surface area contributed by atoms with Crippen LogP contribution in [0.2, 0.25) is 5.02 Å². The van der Waals surface area contributed by atoms with Crippen LogP contribution in [0.3, 0.4) is 0 Å². The van der Waals surface area contributed by atoms with Gasteiger partial charge in [-0.2, -0.15) is 0 Å². The van der Waals surface area contributed by atoms with Crippen LogP contribution in [0.15, 0.2) is 6.07 Å². The number of rotatable bonds is 7. The Bertz CT molecular complexity index is 459. The minimum absolute atomic E-state index is 0.0150. The molecule has 0 spiro atoms. The van der Waals surface area contributed by atoms with E-state index in [9.17, 15) is 4.79 Å². The standard InChI is InChI=1S/C13H17ClO5/c1-4-17-9-7-8(13(15)16)10(14)12(19-6-3)11(9)18-5-2/h7H,4-6H2,1-3H3,(H,15,16). The lowest BCUT2D eigenvalue weighted by Gasteiger charge is -2.17. The third-order valence-corrected chi connectivity index (χ3v) is 2.62. The third kappa shape index (κ3) is 3.44. The Morgan fingerprint density at radius 2 is 1.63 bits per heavy atom. The highest BCUT2D eigenvalue weighted by atomic mass is 35.5. The van der Waals surface area contributed by atoms with E-state index in [2.05, 4.69) is 0 Å². The zero-order valence-corrected chi connectivity index (χ0v) is 11.9. The highest BCUT2D eigenvalue weighted by Crippen LogP contribution is 2.45. The summed E-state index contributed by atoms with van der Waals surface area (Å²) in [6.45, 7) is 6.50. The molecule has 106 valence electrons. The molecule has 1 aromatic rings. The van der Waals surface area contributed by atoms with Crippen molar-refractivity contribution in [1.82, 2.24) is 0 Å². The maximum absolute atomic E-state index is 11.2. The summed E-state index contributed by atoms with van der Waals surface area (Å²) >= 11 is 6.05. The molecule has 0 saturated carbocycles. The van der Waals surface area contributed by atoms with Gasteiger partial charge in [-0.05, 0) is 20.8 Å². The SMILES string of the molecule is CCOc1cc(C(=O)O)c(Cl)c(OCC)c1OCC. The van der Waals surface area contributed by atoms with Gasteiger partial charge in [-0.25, -0.2) is 4.79 Å². The average Bonchev–Trinajstić information content (AvgIpc) is 2.36. The monoisotopic (exact) mass is 288 g/mol. The van der Waals surface area contributed by atoms with E-state index in [1.807, 2.05) is 6.92 Å².